The number of benzene rings is 1. The van der Waals surface area contributed by atoms with Crippen molar-refractivity contribution in [2.45, 2.75) is 11.1 Å². The smallest absolute Gasteiger partial charge is 0.318 e. The van der Waals surface area contributed by atoms with Crippen molar-refractivity contribution in [1.29, 1.82) is 0 Å². The molecular formula is C17H18N4O3S2. The Labute approximate surface area is 155 Å². The first kappa shape index (κ1) is 17.2. The van der Waals surface area contributed by atoms with E-state index in [1.165, 1.54) is 15.6 Å². The van der Waals surface area contributed by atoms with Gasteiger partial charge in [-0.1, -0.05) is 23.3 Å². The number of aromatic nitrogens is 2. The van der Waals surface area contributed by atoms with Crippen LogP contribution < -0.4 is 4.90 Å². The number of hydrogen-bond acceptors (Lipinski definition) is 7. The van der Waals surface area contributed by atoms with Crippen LogP contribution in [0.1, 0.15) is 4.88 Å². The molecule has 0 amide bonds. The van der Waals surface area contributed by atoms with E-state index in [4.69, 9.17) is 4.42 Å². The van der Waals surface area contributed by atoms with Crippen molar-refractivity contribution in [2.75, 3.05) is 31.1 Å². The van der Waals surface area contributed by atoms with E-state index < -0.39 is 10.0 Å². The molecule has 1 fully saturated rings. The summed E-state index contributed by atoms with van der Waals surface area (Å²) in [5, 5.41) is 8.20. The van der Waals surface area contributed by atoms with Gasteiger partial charge in [0, 0.05) is 36.6 Å². The van der Waals surface area contributed by atoms with Crippen LogP contribution >= 0.6 is 11.3 Å². The van der Waals surface area contributed by atoms with E-state index in [1.807, 2.05) is 48.2 Å². The molecule has 3 heterocycles. The van der Waals surface area contributed by atoms with Crippen LogP contribution in [0.25, 0.3) is 11.5 Å². The lowest BCUT2D eigenvalue weighted by molar-refractivity contribution is 0.373. The summed E-state index contributed by atoms with van der Waals surface area (Å²) >= 11 is 1.30. The molecule has 136 valence electrons. The average Bonchev–Trinajstić information content (AvgIpc) is 3.32. The molecule has 9 heteroatoms. The molecule has 1 saturated heterocycles. The van der Waals surface area contributed by atoms with Crippen LogP contribution in [-0.4, -0.2) is 49.1 Å². The minimum absolute atomic E-state index is 0.391. The lowest BCUT2D eigenvalue weighted by Gasteiger charge is -2.32. The second-order valence-corrected chi connectivity index (χ2v) is 9.46. The average molecular weight is 390 g/mol. The second kappa shape index (κ2) is 6.82. The summed E-state index contributed by atoms with van der Waals surface area (Å²) < 4.78 is 33.1. The Kier molecular flexibility index (Phi) is 4.51. The SMILES string of the molecule is Cc1ccc(S(=O)(=O)N2CCN(c3nnc(-c4ccccc4)o3)CC2)s1. The maximum absolute atomic E-state index is 12.7. The molecule has 0 spiro atoms. The summed E-state index contributed by atoms with van der Waals surface area (Å²) in [5.74, 6) is 0.463. The molecule has 7 nitrogen and oxygen atoms in total. The van der Waals surface area contributed by atoms with Crippen LogP contribution in [0.5, 0.6) is 0 Å². The van der Waals surface area contributed by atoms with Crippen LogP contribution in [0.4, 0.5) is 6.01 Å². The summed E-state index contributed by atoms with van der Waals surface area (Å²) in [7, 11) is -3.43. The Hall–Kier alpha value is -2.23. The number of hydrogen-bond donors (Lipinski definition) is 0. The summed E-state index contributed by atoms with van der Waals surface area (Å²) in [4.78, 5) is 2.91. The van der Waals surface area contributed by atoms with Crippen molar-refractivity contribution < 1.29 is 12.8 Å². The monoisotopic (exact) mass is 390 g/mol. The number of rotatable bonds is 4. The molecule has 0 unspecified atom stereocenters. The van der Waals surface area contributed by atoms with Crippen molar-refractivity contribution in [3.63, 3.8) is 0 Å². The second-order valence-electron chi connectivity index (χ2n) is 6.01. The summed E-state index contributed by atoms with van der Waals surface area (Å²) in [5.41, 5.74) is 0.862. The Morgan fingerprint density at radius 1 is 1.00 bits per heavy atom. The molecule has 4 rings (SSSR count). The number of piperazine rings is 1. The van der Waals surface area contributed by atoms with Crippen molar-refractivity contribution >= 4 is 27.4 Å². The normalized spacial score (nSPS) is 16.1. The standard InChI is InChI=1S/C17H18N4O3S2/c1-13-7-8-15(25-13)26(22,23)21-11-9-20(10-12-21)17-19-18-16(24-17)14-5-3-2-4-6-14/h2-8H,9-12H2,1H3. The van der Waals surface area contributed by atoms with E-state index in [2.05, 4.69) is 10.2 Å². The van der Waals surface area contributed by atoms with Crippen LogP contribution in [0.15, 0.2) is 51.1 Å². The van der Waals surface area contributed by atoms with Gasteiger partial charge in [-0.2, -0.15) is 4.31 Å². The van der Waals surface area contributed by atoms with Gasteiger partial charge in [0.25, 0.3) is 10.0 Å². The zero-order valence-corrected chi connectivity index (χ0v) is 15.8. The first-order valence-corrected chi connectivity index (χ1v) is 10.5. The lowest BCUT2D eigenvalue weighted by Crippen LogP contribution is -2.48. The highest BCUT2D eigenvalue weighted by atomic mass is 32.2. The van der Waals surface area contributed by atoms with E-state index in [-0.39, 0.29) is 0 Å². The number of aryl methyl sites for hydroxylation is 1. The zero-order chi connectivity index (χ0) is 18.1. The van der Waals surface area contributed by atoms with Gasteiger partial charge in [-0.15, -0.1) is 16.4 Å². The number of nitrogens with zero attached hydrogens (tertiary/aromatic N) is 4. The van der Waals surface area contributed by atoms with E-state index in [9.17, 15) is 8.42 Å². The highest BCUT2D eigenvalue weighted by Gasteiger charge is 2.31. The van der Waals surface area contributed by atoms with Gasteiger partial charge in [-0.25, -0.2) is 8.42 Å². The third kappa shape index (κ3) is 3.25. The van der Waals surface area contributed by atoms with E-state index in [0.29, 0.717) is 42.3 Å². The predicted octanol–water partition coefficient (Wildman–Crippen LogP) is 2.62. The molecule has 0 N–H and O–H groups in total. The Balaban J connectivity index is 1.45. The molecule has 0 aliphatic carbocycles. The topological polar surface area (TPSA) is 79.5 Å². The molecule has 2 aromatic heterocycles. The van der Waals surface area contributed by atoms with Gasteiger partial charge in [-0.05, 0) is 31.2 Å². The highest BCUT2D eigenvalue weighted by Crippen LogP contribution is 2.27. The highest BCUT2D eigenvalue weighted by molar-refractivity contribution is 7.91. The quantitative estimate of drug-likeness (QED) is 0.681. The lowest BCUT2D eigenvalue weighted by atomic mass is 10.2. The molecule has 3 aromatic rings. The number of anilines is 1. The van der Waals surface area contributed by atoms with Gasteiger partial charge in [-0.3, -0.25) is 0 Å². The molecule has 0 bridgehead atoms. The Morgan fingerprint density at radius 2 is 1.73 bits per heavy atom. The van der Waals surface area contributed by atoms with Crippen LogP contribution in [-0.2, 0) is 10.0 Å². The van der Waals surface area contributed by atoms with Gasteiger partial charge in [0.1, 0.15) is 4.21 Å². The third-order valence-electron chi connectivity index (χ3n) is 4.25. The molecular weight excluding hydrogens is 372 g/mol. The van der Waals surface area contributed by atoms with Crippen molar-refractivity contribution in [2.24, 2.45) is 0 Å². The first-order chi connectivity index (χ1) is 12.5. The molecule has 1 aliphatic heterocycles. The number of sulfonamides is 1. The third-order valence-corrected chi connectivity index (χ3v) is 7.62. The maximum Gasteiger partial charge on any atom is 0.318 e. The van der Waals surface area contributed by atoms with Gasteiger partial charge >= 0.3 is 6.01 Å². The summed E-state index contributed by atoms with van der Waals surface area (Å²) in [6.45, 7) is 3.71. The van der Waals surface area contributed by atoms with Gasteiger partial charge in [0.2, 0.25) is 5.89 Å². The van der Waals surface area contributed by atoms with E-state index in [1.54, 1.807) is 6.07 Å². The Morgan fingerprint density at radius 3 is 2.38 bits per heavy atom. The summed E-state index contributed by atoms with van der Waals surface area (Å²) in [6, 6.07) is 13.5. The molecule has 26 heavy (non-hydrogen) atoms. The van der Waals surface area contributed by atoms with Crippen LogP contribution in [0.3, 0.4) is 0 Å². The fraction of sp³-hybridized carbons (Fsp3) is 0.294. The fourth-order valence-corrected chi connectivity index (χ4v) is 5.70. The van der Waals surface area contributed by atoms with Gasteiger partial charge in [0.15, 0.2) is 0 Å². The van der Waals surface area contributed by atoms with Crippen LogP contribution in [0.2, 0.25) is 0 Å². The van der Waals surface area contributed by atoms with E-state index in [0.717, 1.165) is 10.4 Å². The van der Waals surface area contributed by atoms with Crippen LogP contribution in [0, 0.1) is 6.92 Å². The van der Waals surface area contributed by atoms with Crippen molar-refractivity contribution in [3.8, 4) is 11.5 Å². The summed E-state index contributed by atoms with van der Waals surface area (Å²) in [6.07, 6.45) is 0. The molecule has 0 saturated carbocycles. The molecule has 0 radical (unpaired) electrons. The largest absolute Gasteiger partial charge is 0.403 e. The fourth-order valence-electron chi connectivity index (χ4n) is 2.84. The zero-order valence-electron chi connectivity index (χ0n) is 14.2. The number of thiophene rings is 1. The minimum atomic E-state index is -3.43. The van der Waals surface area contributed by atoms with Gasteiger partial charge in [0.05, 0.1) is 0 Å². The van der Waals surface area contributed by atoms with Gasteiger partial charge < -0.3 is 9.32 Å². The van der Waals surface area contributed by atoms with Crippen molar-refractivity contribution in [1.82, 2.24) is 14.5 Å². The molecule has 1 aliphatic rings. The Bertz CT molecular complexity index is 990. The molecule has 0 atom stereocenters. The molecule has 1 aromatic carbocycles. The predicted molar refractivity (Wildman–Crippen MR) is 99.8 cm³/mol. The maximum atomic E-state index is 12.7. The van der Waals surface area contributed by atoms with E-state index >= 15 is 0 Å². The first-order valence-electron chi connectivity index (χ1n) is 8.24. The minimum Gasteiger partial charge on any atom is -0.403 e. The van der Waals surface area contributed by atoms with Crippen molar-refractivity contribution in [3.05, 3.63) is 47.3 Å².